The number of carbonyl (C=O) groups is 1. The lowest BCUT2D eigenvalue weighted by Gasteiger charge is -2.10. The molecule has 0 aliphatic rings. The molecule has 0 unspecified atom stereocenters. The van der Waals surface area contributed by atoms with Crippen LogP contribution in [0, 0.1) is 13.8 Å². The second-order valence-corrected chi connectivity index (χ2v) is 3.99. The van der Waals surface area contributed by atoms with Gasteiger partial charge in [0.1, 0.15) is 5.82 Å². The molecule has 6 heteroatoms. The molecule has 0 amide bonds. The molecule has 0 aromatic carbocycles. The number of aromatic nitrogens is 3. The van der Waals surface area contributed by atoms with Gasteiger partial charge >= 0.3 is 5.97 Å². The van der Waals surface area contributed by atoms with Crippen LogP contribution < -0.4 is 5.32 Å². The van der Waals surface area contributed by atoms with E-state index < -0.39 is 5.97 Å². The average Bonchev–Trinajstić information content (AvgIpc) is 2.43. The van der Waals surface area contributed by atoms with Gasteiger partial charge in [-0.25, -0.2) is 14.8 Å². The lowest BCUT2D eigenvalue weighted by molar-refractivity contribution is 0.0593. The highest BCUT2D eigenvalue weighted by atomic mass is 16.5. The Labute approximate surface area is 110 Å². The van der Waals surface area contributed by atoms with Crippen LogP contribution in [0.15, 0.2) is 24.7 Å². The van der Waals surface area contributed by atoms with Gasteiger partial charge in [-0.3, -0.25) is 4.98 Å². The van der Waals surface area contributed by atoms with Gasteiger partial charge in [0.2, 0.25) is 0 Å². The molecule has 0 atom stereocenters. The summed E-state index contributed by atoms with van der Waals surface area (Å²) in [6, 6.07) is 1.91. The number of esters is 1. The van der Waals surface area contributed by atoms with E-state index in [2.05, 4.69) is 25.0 Å². The molecule has 2 heterocycles. The quantitative estimate of drug-likeness (QED) is 0.849. The molecule has 19 heavy (non-hydrogen) atoms. The monoisotopic (exact) mass is 258 g/mol. The van der Waals surface area contributed by atoms with Gasteiger partial charge in [-0.05, 0) is 25.5 Å². The zero-order valence-corrected chi connectivity index (χ0v) is 11.0. The predicted molar refractivity (Wildman–Crippen MR) is 70.4 cm³/mol. The Kier molecular flexibility index (Phi) is 3.70. The summed E-state index contributed by atoms with van der Waals surface area (Å²) in [6.07, 6.45) is 4.61. The van der Waals surface area contributed by atoms with E-state index in [1.54, 1.807) is 6.20 Å². The maximum atomic E-state index is 11.2. The molecule has 2 aromatic heterocycles. The normalized spacial score (nSPS) is 10.1. The Bertz CT molecular complexity index is 576. The number of aryl methyl sites for hydroxylation is 2. The molecule has 0 spiro atoms. The van der Waals surface area contributed by atoms with Gasteiger partial charge in [0.25, 0.3) is 0 Å². The number of ether oxygens (including phenoxy) is 1. The van der Waals surface area contributed by atoms with Crippen molar-refractivity contribution >= 4 is 17.5 Å². The summed E-state index contributed by atoms with van der Waals surface area (Å²) in [4.78, 5) is 23.6. The van der Waals surface area contributed by atoms with Crippen LogP contribution in [0.5, 0.6) is 0 Å². The largest absolute Gasteiger partial charge is 0.464 e. The third kappa shape index (κ3) is 2.85. The zero-order chi connectivity index (χ0) is 13.8. The van der Waals surface area contributed by atoms with Crippen molar-refractivity contribution in [1.29, 1.82) is 0 Å². The Hall–Kier alpha value is -2.50. The number of hydrogen-bond acceptors (Lipinski definition) is 6. The summed E-state index contributed by atoms with van der Waals surface area (Å²) in [5, 5.41) is 3.14. The van der Waals surface area contributed by atoms with Crippen LogP contribution >= 0.6 is 0 Å². The third-order valence-corrected chi connectivity index (χ3v) is 2.65. The van der Waals surface area contributed by atoms with E-state index in [0.717, 1.165) is 16.9 Å². The van der Waals surface area contributed by atoms with Crippen molar-refractivity contribution in [3.05, 3.63) is 41.6 Å². The lowest BCUT2D eigenvalue weighted by atomic mass is 10.2. The first-order valence-electron chi connectivity index (χ1n) is 5.71. The van der Waals surface area contributed by atoms with E-state index in [-0.39, 0.29) is 5.69 Å². The molecule has 2 aromatic rings. The highest BCUT2D eigenvalue weighted by Crippen LogP contribution is 2.20. The summed E-state index contributed by atoms with van der Waals surface area (Å²) >= 11 is 0. The Morgan fingerprint density at radius 2 is 2.00 bits per heavy atom. The van der Waals surface area contributed by atoms with Crippen molar-refractivity contribution in [2.45, 2.75) is 13.8 Å². The number of nitrogens with one attached hydrogen (secondary N) is 1. The minimum Gasteiger partial charge on any atom is -0.464 e. The lowest BCUT2D eigenvalue weighted by Crippen LogP contribution is -2.06. The van der Waals surface area contributed by atoms with Crippen LogP contribution in [-0.2, 0) is 4.74 Å². The van der Waals surface area contributed by atoms with E-state index in [1.807, 2.05) is 19.9 Å². The fourth-order valence-corrected chi connectivity index (χ4v) is 1.61. The SMILES string of the molecule is COC(=O)c1cnc(Nc2c(C)ccnc2C)cn1. The van der Waals surface area contributed by atoms with E-state index in [9.17, 15) is 4.79 Å². The highest BCUT2D eigenvalue weighted by molar-refractivity contribution is 5.86. The van der Waals surface area contributed by atoms with Crippen molar-refractivity contribution in [3.63, 3.8) is 0 Å². The van der Waals surface area contributed by atoms with Gasteiger partial charge in [0.15, 0.2) is 5.69 Å². The fourth-order valence-electron chi connectivity index (χ4n) is 1.61. The van der Waals surface area contributed by atoms with E-state index in [4.69, 9.17) is 0 Å². The second-order valence-electron chi connectivity index (χ2n) is 3.99. The molecular formula is C13H14N4O2. The average molecular weight is 258 g/mol. The molecule has 0 bridgehead atoms. The first-order chi connectivity index (χ1) is 9.11. The van der Waals surface area contributed by atoms with Gasteiger partial charge in [-0.2, -0.15) is 0 Å². The molecule has 98 valence electrons. The number of rotatable bonds is 3. The topological polar surface area (TPSA) is 77.0 Å². The van der Waals surface area contributed by atoms with Crippen molar-refractivity contribution in [2.24, 2.45) is 0 Å². The van der Waals surface area contributed by atoms with Gasteiger partial charge in [0, 0.05) is 6.20 Å². The number of hydrogen-bond donors (Lipinski definition) is 1. The van der Waals surface area contributed by atoms with Crippen molar-refractivity contribution in [1.82, 2.24) is 15.0 Å². The first kappa shape index (κ1) is 12.9. The molecule has 0 saturated heterocycles. The summed E-state index contributed by atoms with van der Waals surface area (Å²) < 4.78 is 4.56. The highest BCUT2D eigenvalue weighted by Gasteiger charge is 2.09. The molecule has 0 radical (unpaired) electrons. The van der Waals surface area contributed by atoms with Crippen molar-refractivity contribution in [3.8, 4) is 0 Å². The molecule has 6 nitrogen and oxygen atoms in total. The minimum absolute atomic E-state index is 0.174. The second kappa shape index (κ2) is 5.43. The van der Waals surface area contributed by atoms with Crippen LogP contribution in [0.25, 0.3) is 0 Å². The molecule has 0 fully saturated rings. The summed E-state index contributed by atoms with van der Waals surface area (Å²) in [7, 11) is 1.30. The molecule has 0 aliphatic carbocycles. The maximum Gasteiger partial charge on any atom is 0.358 e. The van der Waals surface area contributed by atoms with Crippen LogP contribution in [0.3, 0.4) is 0 Å². The summed E-state index contributed by atoms with van der Waals surface area (Å²) in [5.74, 6) is 0.0413. The van der Waals surface area contributed by atoms with Crippen molar-refractivity contribution in [2.75, 3.05) is 12.4 Å². The Morgan fingerprint density at radius 3 is 2.58 bits per heavy atom. The Balaban J connectivity index is 2.22. The third-order valence-electron chi connectivity index (χ3n) is 2.65. The van der Waals surface area contributed by atoms with E-state index in [1.165, 1.54) is 19.5 Å². The van der Waals surface area contributed by atoms with Gasteiger partial charge in [-0.1, -0.05) is 0 Å². The van der Waals surface area contributed by atoms with Crippen LogP contribution in [0.2, 0.25) is 0 Å². The standard InChI is InChI=1S/C13H14N4O2/c1-8-4-5-14-9(2)12(8)17-11-7-15-10(6-16-11)13(18)19-3/h4-7H,1-3H3,(H,16,17). The number of carbonyl (C=O) groups excluding carboxylic acids is 1. The van der Waals surface area contributed by atoms with E-state index in [0.29, 0.717) is 5.82 Å². The van der Waals surface area contributed by atoms with Crippen LogP contribution in [-0.4, -0.2) is 28.0 Å². The predicted octanol–water partition coefficient (Wildman–Crippen LogP) is 2.02. The smallest absolute Gasteiger partial charge is 0.358 e. The van der Waals surface area contributed by atoms with E-state index >= 15 is 0 Å². The minimum atomic E-state index is -0.507. The maximum absolute atomic E-state index is 11.2. The summed E-state index contributed by atoms with van der Waals surface area (Å²) in [6.45, 7) is 3.89. The number of nitrogens with zero attached hydrogens (tertiary/aromatic N) is 3. The first-order valence-corrected chi connectivity index (χ1v) is 5.71. The van der Waals surface area contributed by atoms with Crippen molar-refractivity contribution < 1.29 is 9.53 Å². The van der Waals surface area contributed by atoms with Gasteiger partial charge < -0.3 is 10.1 Å². The molecule has 0 saturated carbocycles. The molecule has 0 aliphatic heterocycles. The zero-order valence-electron chi connectivity index (χ0n) is 11.0. The number of methoxy groups -OCH3 is 1. The van der Waals surface area contributed by atoms with Gasteiger partial charge in [0.05, 0.1) is 30.9 Å². The van der Waals surface area contributed by atoms with Crippen LogP contribution in [0.4, 0.5) is 11.5 Å². The number of anilines is 2. The summed E-state index contributed by atoms with van der Waals surface area (Å²) in [5.41, 5.74) is 3.00. The fraction of sp³-hybridized carbons (Fsp3) is 0.231. The van der Waals surface area contributed by atoms with Crippen LogP contribution in [0.1, 0.15) is 21.7 Å². The number of pyridine rings is 1. The molecule has 2 rings (SSSR count). The molecular weight excluding hydrogens is 244 g/mol. The molecule has 1 N–H and O–H groups in total. The Morgan fingerprint density at radius 1 is 1.21 bits per heavy atom. The van der Waals surface area contributed by atoms with Gasteiger partial charge in [-0.15, -0.1) is 0 Å².